The van der Waals surface area contributed by atoms with Crippen molar-refractivity contribution in [3.05, 3.63) is 68.5 Å². The van der Waals surface area contributed by atoms with Gasteiger partial charge in [0.05, 0.1) is 21.7 Å². The first-order valence-corrected chi connectivity index (χ1v) is 10.2. The number of thiazole rings is 1. The molecule has 30 heavy (non-hydrogen) atoms. The minimum absolute atomic E-state index is 0.0682. The summed E-state index contributed by atoms with van der Waals surface area (Å²) in [7, 11) is 0. The van der Waals surface area contributed by atoms with Crippen molar-refractivity contribution in [2.45, 2.75) is 33.2 Å². The Balaban J connectivity index is 2.08. The molecule has 0 aliphatic rings. The van der Waals surface area contributed by atoms with Gasteiger partial charge in [-0.2, -0.15) is 4.99 Å². The van der Waals surface area contributed by atoms with Gasteiger partial charge in [0.15, 0.2) is 4.80 Å². The van der Waals surface area contributed by atoms with E-state index in [-0.39, 0.29) is 24.4 Å². The van der Waals surface area contributed by atoms with Crippen LogP contribution in [0.2, 0.25) is 0 Å². The highest BCUT2D eigenvalue weighted by Crippen LogP contribution is 2.24. The fourth-order valence-corrected chi connectivity index (χ4v) is 3.98. The first-order chi connectivity index (χ1) is 14.3. The maximum atomic E-state index is 12.7. The van der Waals surface area contributed by atoms with E-state index in [1.54, 1.807) is 11.5 Å². The van der Waals surface area contributed by atoms with Gasteiger partial charge in [0, 0.05) is 17.7 Å². The van der Waals surface area contributed by atoms with Crippen molar-refractivity contribution >= 4 is 39.1 Å². The van der Waals surface area contributed by atoms with Gasteiger partial charge in [-0.3, -0.25) is 19.7 Å². The Morgan fingerprint density at radius 3 is 2.50 bits per heavy atom. The van der Waals surface area contributed by atoms with Crippen molar-refractivity contribution in [1.29, 1.82) is 0 Å². The third-order valence-electron chi connectivity index (χ3n) is 4.49. The molecule has 0 atom stereocenters. The Bertz CT molecular complexity index is 1180. The lowest BCUT2D eigenvalue weighted by molar-refractivity contribution is -0.384. The highest BCUT2D eigenvalue weighted by molar-refractivity contribution is 7.16. The van der Waals surface area contributed by atoms with E-state index in [0.717, 1.165) is 15.8 Å². The van der Waals surface area contributed by atoms with Crippen LogP contribution < -0.4 is 4.80 Å². The molecule has 1 aromatic heterocycles. The van der Waals surface area contributed by atoms with E-state index in [4.69, 9.17) is 4.74 Å². The maximum Gasteiger partial charge on any atom is 0.326 e. The number of ether oxygens (including phenoxy) is 1. The predicted molar refractivity (Wildman–Crippen MR) is 114 cm³/mol. The van der Waals surface area contributed by atoms with Gasteiger partial charge in [0.1, 0.15) is 6.54 Å². The molecule has 0 aliphatic heterocycles. The molecular formula is C21H21N3O5S. The highest BCUT2D eigenvalue weighted by Gasteiger charge is 2.15. The van der Waals surface area contributed by atoms with Crippen LogP contribution in [0.5, 0.6) is 0 Å². The number of rotatable bonds is 6. The molecule has 0 aliphatic carbocycles. The zero-order chi connectivity index (χ0) is 21.8. The van der Waals surface area contributed by atoms with Gasteiger partial charge in [-0.15, -0.1) is 0 Å². The molecule has 1 heterocycles. The fourth-order valence-electron chi connectivity index (χ4n) is 2.90. The molecule has 0 N–H and O–H groups in total. The Hall–Kier alpha value is -3.33. The van der Waals surface area contributed by atoms with Crippen molar-refractivity contribution in [3.63, 3.8) is 0 Å². The summed E-state index contributed by atoms with van der Waals surface area (Å²) in [5.41, 5.74) is 2.04. The van der Waals surface area contributed by atoms with Gasteiger partial charge in [-0.05, 0) is 42.7 Å². The summed E-state index contributed by atoms with van der Waals surface area (Å²) in [6.45, 7) is 6.09. The van der Waals surface area contributed by atoms with Gasteiger partial charge < -0.3 is 9.30 Å². The zero-order valence-corrected chi connectivity index (χ0v) is 17.6. The van der Waals surface area contributed by atoms with Crippen molar-refractivity contribution in [2.75, 3.05) is 6.61 Å². The lowest BCUT2D eigenvalue weighted by Gasteiger charge is -2.07. The molecule has 2 aromatic carbocycles. The van der Waals surface area contributed by atoms with Crippen LogP contribution in [-0.2, 0) is 16.1 Å². The summed E-state index contributed by atoms with van der Waals surface area (Å²) in [4.78, 5) is 39.6. The van der Waals surface area contributed by atoms with Crippen LogP contribution in [0, 0.1) is 10.1 Å². The largest absolute Gasteiger partial charge is 0.465 e. The summed E-state index contributed by atoms with van der Waals surface area (Å²) in [6, 6.07) is 11.2. The summed E-state index contributed by atoms with van der Waals surface area (Å²) in [5, 5.41) is 10.8. The molecule has 0 bridgehead atoms. The van der Waals surface area contributed by atoms with Crippen molar-refractivity contribution < 1.29 is 19.2 Å². The zero-order valence-electron chi connectivity index (χ0n) is 16.8. The first kappa shape index (κ1) is 21.4. The fraction of sp³-hybridized carbons (Fsp3) is 0.286. The first-order valence-electron chi connectivity index (χ1n) is 9.42. The summed E-state index contributed by atoms with van der Waals surface area (Å²) in [5.74, 6) is -0.635. The van der Waals surface area contributed by atoms with Gasteiger partial charge >= 0.3 is 5.97 Å². The van der Waals surface area contributed by atoms with E-state index in [1.165, 1.54) is 35.6 Å². The van der Waals surface area contributed by atoms with Gasteiger partial charge in [-0.25, -0.2) is 0 Å². The number of carbonyl (C=O) groups excluding carboxylic acids is 2. The highest BCUT2D eigenvalue weighted by atomic mass is 32.1. The van der Waals surface area contributed by atoms with E-state index in [9.17, 15) is 19.7 Å². The molecular weight excluding hydrogens is 406 g/mol. The molecule has 9 heteroatoms. The molecule has 0 spiro atoms. The van der Waals surface area contributed by atoms with E-state index >= 15 is 0 Å². The number of hydrogen-bond acceptors (Lipinski definition) is 6. The van der Waals surface area contributed by atoms with Crippen LogP contribution in [-0.4, -0.2) is 28.0 Å². The Morgan fingerprint density at radius 1 is 1.20 bits per heavy atom. The molecule has 0 radical (unpaired) electrons. The second-order valence-corrected chi connectivity index (χ2v) is 7.89. The van der Waals surface area contributed by atoms with Crippen LogP contribution in [0.4, 0.5) is 5.69 Å². The third kappa shape index (κ3) is 4.62. The second-order valence-electron chi connectivity index (χ2n) is 6.88. The molecule has 0 unspecified atom stereocenters. The van der Waals surface area contributed by atoms with Crippen molar-refractivity contribution in [1.82, 2.24) is 4.57 Å². The standard InChI is InChI=1S/C21H21N3O5S/c1-4-29-19(25)12-23-17-10-7-15(13(2)3)11-18(17)30-21(23)22-20(26)14-5-8-16(9-6-14)24(27)28/h5-11,13H,4,12H2,1-3H3. The SMILES string of the molecule is CCOC(=O)Cn1c(=NC(=O)c2ccc([N+](=O)[O-])cc2)sc2cc(C(C)C)ccc21. The number of esters is 1. The quantitative estimate of drug-likeness (QED) is 0.335. The number of benzene rings is 2. The second kappa shape index (κ2) is 9.00. The number of non-ortho nitro benzene ring substituents is 1. The average molecular weight is 427 g/mol. The smallest absolute Gasteiger partial charge is 0.326 e. The number of aromatic nitrogens is 1. The number of nitrogens with zero attached hydrogens (tertiary/aromatic N) is 3. The van der Waals surface area contributed by atoms with Crippen LogP contribution in [0.1, 0.15) is 42.6 Å². The number of fused-ring (bicyclic) bond motifs is 1. The van der Waals surface area contributed by atoms with Crippen LogP contribution in [0.3, 0.4) is 0 Å². The van der Waals surface area contributed by atoms with Gasteiger partial charge in [0.2, 0.25) is 0 Å². The number of amides is 1. The minimum Gasteiger partial charge on any atom is -0.465 e. The lowest BCUT2D eigenvalue weighted by Crippen LogP contribution is -2.23. The molecule has 0 fully saturated rings. The molecule has 1 amide bonds. The normalized spacial score (nSPS) is 11.8. The third-order valence-corrected chi connectivity index (χ3v) is 5.53. The predicted octanol–water partition coefficient (Wildman–Crippen LogP) is 4.04. The molecule has 3 aromatic rings. The maximum absolute atomic E-state index is 12.7. The summed E-state index contributed by atoms with van der Waals surface area (Å²) >= 11 is 1.31. The summed E-state index contributed by atoms with van der Waals surface area (Å²) in [6.07, 6.45) is 0. The number of hydrogen-bond donors (Lipinski definition) is 0. The number of nitro groups is 1. The molecule has 0 saturated heterocycles. The monoisotopic (exact) mass is 427 g/mol. The molecule has 8 nitrogen and oxygen atoms in total. The Labute approximate surface area is 176 Å². The summed E-state index contributed by atoms with van der Waals surface area (Å²) < 4.78 is 7.62. The Kier molecular flexibility index (Phi) is 6.41. The van der Waals surface area contributed by atoms with E-state index in [2.05, 4.69) is 18.8 Å². The average Bonchev–Trinajstić information content (AvgIpc) is 3.04. The number of carbonyl (C=O) groups is 2. The van der Waals surface area contributed by atoms with Crippen LogP contribution >= 0.6 is 11.3 Å². The van der Waals surface area contributed by atoms with Crippen molar-refractivity contribution in [3.8, 4) is 0 Å². The van der Waals surface area contributed by atoms with Gasteiger partial charge in [0.25, 0.3) is 11.6 Å². The van der Waals surface area contributed by atoms with Crippen molar-refractivity contribution in [2.24, 2.45) is 4.99 Å². The van der Waals surface area contributed by atoms with Crippen LogP contribution in [0.15, 0.2) is 47.5 Å². The topological polar surface area (TPSA) is 104 Å². The lowest BCUT2D eigenvalue weighted by atomic mass is 10.0. The molecule has 0 saturated carbocycles. The number of nitro benzene ring substituents is 1. The minimum atomic E-state index is -0.543. The van der Waals surface area contributed by atoms with E-state index < -0.39 is 16.8 Å². The molecule has 3 rings (SSSR count). The molecule has 156 valence electrons. The van der Waals surface area contributed by atoms with Crippen LogP contribution in [0.25, 0.3) is 10.2 Å². The van der Waals surface area contributed by atoms with E-state index in [1.807, 2.05) is 18.2 Å². The Morgan fingerprint density at radius 2 is 1.90 bits per heavy atom. The van der Waals surface area contributed by atoms with Gasteiger partial charge in [-0.1, -0.05) is 31.3 Å². The van der Waals surface area contributed by atoms with E-state index in [0.29, 0.717) is 10.7 Å².